The van der Waals surface area contributed by atoms with E-state index in [0.29, 0.717) is 0 Å². The van der Waals surface area contributed by atoms with Gasteiger partial charge in [0.1, 0.15) is 0 Å². The molecule has 2 rings (SSSR count). The van der Waals surface area contributed by atoms with E-state index in [1.165, 1.54) is 11.1 Å². The van der Waals surface area contributed by atoms with Crippen molar-refractivity contribution < 1.29 is 9.90 Å². The molecule has 1 aliphatic carbocycles. The molecule has 15 heavy (non-hydrogen) atoms. The van der Waals surface area contributed by atoms with Crippen LogP contribution in [-0.4, -0.2) is 11.1 Å². The molecule has 1 aliphatic rings. The quantitative estimate of drug-likeness (QED) is 0.822. The summed E-state index contributed by atoms with van der Waals surface area (Å²) in [6.07, 6.45) is 1.70. The number of rotatable bonds is 3. The lowest BCUT2D eigenvalue weighted by molar-refractivity contribution is -0.139. The Bertz CT molecular complexity index is 397. The van der Waals surface area contributed by atoms with Crippen molar-refractivity contribution in [2.24, 2.45) is 5.92 Å². The minimum absolute atomic E-state index is 0.0855. The van der Waals surface area contributed by atoms with Gasteiger partial charge in [-0.15, -0.1) is 0 Å². The molecule has 1 unspecified atom stereocenters. The first-order chi connectivity index (χ1) is 7.10. The Kier molecular flexibility index (Phi) is 2.29. The summed E-state index contributed by atoms with van der Waals surface area (Å²) in [4.78, 5) is 11.0. The molecular formula is C13H16O2. The summed E-state index contributed by atoms with van der Waals surface area (Å²) in [7, 11) is 0. The number of carboxylic acids is 1. The predicted molar refractivity (Wildman–Crippen MR) is 58.9 cm³/mol. The van der Waals surface area contributed by atoms with Crippen LogP contribution in [-0.2, 0) is 10.2 Å². The van der Waals surface area contributed by atoms with E-state index in [0.717, 1.165) is 12.8 Å². The maximum Gasteiger partial charge on any atom is 0.307 e. The number of carbonyl (C=O) groups is 1. The van der Waals surface area contributed by atoms with Crippen molar-refractivity contribution in [3.8, 4) is 0 Å². The van der Waals surface area contributed by atoms with Crippen LogP contribution in [0, 0.1) is 12.8 Å². The van der Waals surface area contributed by atoms with Crippen molar-refractivity contribution in [1.29, 1.82) is 0 Å². The topological polar surface area (TPSA) is 37.3 Å². The summed E-state index contributed by atoms with van der Waals surface area (Å²) in [5.74, 6) is -0.831. The van der Waals surface area contributed by atoms with E-state index in [1.807, 2.05) is 19.1 Å². The second-order valence-corrected chi connectivity index (χ2v) is 4.47. The molecule has 2 nitrogen and oxygen atoms in total. The molecule has 1 fully saturated rings. The van der Waals surface area contributed by atoms with Crippen molar-refractivity contribution in [2.75, 3.05) is 0 Å². The smallest absolute Gasteiger partial charge is 0.307 e. The molecule has 1 aromatic carbocycles. The fraction of sp³-hybridized carbons (Fsp3) is 0.462. The summed E-state index contributed by atoms with van der Waals surface area (Å²) < 4.78 is 0. The Morgan fingerprint density at radius 1 is 1.60 bits per heavy atom. The zero-order valence-corrected chi connectivity index (χ0v) is 9.16. The number of hydrogen-bond donors (Lipinski definition) is 1. The first-order valence-corrected chi connectivity index (χ1v) is 5.40. The largest absolute Gasteiger partial charge is 0.481 e. The fourth-order valence-electron chi connectivity index (χ4n) is 2.50. The van der Waals surface area contributed by atoms with Gasteiger partial charge in [-0.05, 0) is 25.3 Å². The standard InChI is InChI=1S/C13H16O2/c1-3-13(8-11(13)12(14)15)10-6-4-5-9(2)7-10/h4-7,11H,3,8H2,1-2H3,(H,14,15)/t11-,13?/m0/s1. The molecule has 0 saturated heterocycles. The molecular weight excluding hydrogens is 188 g/mol. The van der Waals surface area contributed by atoms with Gasteiger partial charge in [0, 0.05) is 5.41 Å². The van der Waals surface area contributed by atoms with Crippen molar-refractivity contribution >= 4 is 5.97 Å². The van der Waals surface area contributed by atoms with Gasteiger partial charge in [0.05, 0.1) is 5.92 Å². The van der Waals surface area contributed by atoms with Crippen molar-refractivity contribution in [3.63, 3.8) is 0 Å². The Hall–Kier alpha value is -1.31. The number of benzene rings is 1. The Labute approximate surface area is 89.9 Å². The molecule has 0 heterocycles. The van der Waals surface area contributed by atoms with Gasteiger partial charge in [-0.25, -0.2) is 0 Å². The minimum atomic E-state index is -0.654. The minimum Gasteiger partial charge on any atom is -0.481 e. The van der Waals surface area contributed by atoms with E-state index in [-0.39, 0.29) is 11.3 Å². The number of hydrogen-bond acceptors (Lipinski definition) is 1. The maximum atomic E-state index is 11.0. The van der Waals surface area contributed by atoms with E-state index in [1.54, 1.807) is 0 Å². The molecule has 1 N–H and O–H groups in total. The summed E-state index contributed by atoms with van der Waals surface area (Å²) in [5.41, 5.74) is 2.31. The van der Waals surface area contributed by atoms with Gasteiger partial charge in [-0.1, -0.05) is 36.8 Å². The van der Waals surface area contributed by atoms with Crippen molar-refractivity contribution in [2.45, 2.75) is 32.1 Å². The maximum absolute atomic E-state index is 11.0. The molecule has 2 atom stereocenters. The predicted octanol–water partition coefficient (Wildman–Crippen LogP) is 2.75. The van der Waals surface area contributed by atoms with Gasteiger partial charge in [-0.2, -0.15) is 0 Å². The summed E-state index contributed by atoms with van der Waals surface area (Å²) in [6.45, 7) is 4.12. The molecule has 0 radical (unpaired) electrons. The first kappa shape index (κ1) is 10.2. The Morgan fingerprint density at radius 2 is 2.33 bits per heavy atom. The lowest BCUT2D eigenvalue weighted by atomic mass is 9.89. The van der Waals surface area contributed by atoms with Crippen LogP contribution in [0.3, 0.4) is 0 Å². The molecule has 1 aromatic rings. The highest BCUT2D eigenvalue weighted by Crippen LogP contribution is 2.56. The van der Waals surface area contributed by atoms with Crippen LogP contribution in [0.2, 0.25) is 0 Å². The van der Waals surface area contributed by atoms with Crippen LogP contribution in [0.5, 0.6) is 0 Å². The van der Waals surface area contributed by atoms with Gasteiger partial charge in [0.15, 0.2) is 0 Å². The lowest BCUT2D eigenvalue weighted by Crippen LogP contribution is -2.14. The van der Waals surface area contributed by atoms with E-state index < -0.39 is 5.97 Å². The molecule has 0 amide bonds. The third kappa shape index (κ3) is 1.54. The van der Waals surface area contributed by atoms with Crippen LogP contribution in [0.4, 0.5) is 0 Å². The second-order valence-electron chi connectivity index (χ2n) is 4.47. The molecule has 0 bridgehead atoms. The van der Waals surface area contributed by atoms with Crippen LogP contribution >= 0.6 is 0 Å². The van der Waals surface area contributed by atoms with Crippen LogP contribution in [0.1, 0.15) is 30.9 Å². The monoisotopic (exact) mass is 204 g/mol. The fourth-order valence-corrected chi connectivity index (χ4v) is 2.50. The van der Waals surface area contributed by atoms with Gasteiger partial charge in [0.25, 0.3) is 0 Å². The van der Waals surface area contributed by atoms with Gasteiger partial charge in [0.2, 0.25) is 0 Å². The zero-order valence-electron chi connectivity index (χ0n) is 9.16. The summed E-state index contributed by atoms with van der Waals surface area (Å²) >= 11 is 0. The van der Waals surface area contributed by atoms with E-state index >= 15 is 0 Å². The molecule has 0 spiro atoms. The Morgan fingerprint density at radius 3 is 2.80 bits per heavy atom. The van der Waals surface area contributed by atoms with E-state index in [2.05, 4.69) is 19.1 Å². The summed E-state index contributed by atoms with van der Waals surface area (Å²) in [6, 6.07) is 8.23. The number of carboxylic acid groups (broad SMARTS) is 1. The van der Waals surface area contributed by atoms with Crippen molar-refractivity contribution in [1.82, 2.24) is 0 Å². The van der Waals surface area contributed by atoms with Crippen LogP contribution in [0.25, 0.3) is 0 Å². The van der Waals surface area contributed by atoms with Crippen LogP contribution in [0.15, 0.2) is 24.3 Å². The normalized spacial score (nSPS) is 28.8. The molecule has 1 saturated carbocycles. The number of aliphatic carboxylic acids is 1. The Balaban J connectivity index is 2.34. The molecule has 2 heteroatoms. The lowest BCUT2D eigenvalue weighted by Gasteiger charge is -2.14. The number of aryl methyl sites for hydroxylation is 1. The third-order valence-electron chi connectivity index (χ3n) is 3.60. The van der Waals surface area contributed by atoms with Gasteiger partial charge >= 0.3 is 5.97 Å². The van der Waals surface area contributed by atoms with E-state index in [4.69, 9.17) is 5.11 Å². The van der Waals surface area contributed by atoms with Crippen LogP contribution < -0.4 is 0 Å². The highest BCUT2D eigenvalue weighted by atomic mass is 16.4. The third-order valence-corrected chi connectivity index (χ3v) is 3.60. The molecule has 0 aliphatic heterocycles. The van der Waals surface area contributed by atoms with Crippen molar-refractivity contribution in [3.05, 3.63) is 35.4 Å². The highest BCUT2D eigenvalue weighted by molar-refractivity contribution is 5.77. The zero-order chi connectivity index (χ0) is 11.1. The highest BCUT2D eigenvalue weighted by Gasteiger charge is 2.58. The SMILES string of the molecule is CCC1(c2cccc(C)c2)C[C@H]1C(=O)O. The first-order valence-electron chi connectivity index (χ1n) is 5.40. The van der Waals surface area contributed by atoms with Gasteiger partial charge < -0.3 is 5.11 Å². The van der Waals surface area contributed by atoms with E-state index in [9.17, 15) is 4.79 Å². The molecule has 0 aromatic heterocycles. The molecule has 80 valence electrons. The second kappa shape index (κ2) is 3.37. The average molecular weight is 204 g/mol. The average Bonchev–Trinajstić information content (AvgIpc) is 2.93. The van der Waals surface area contributed by atoms with Gasteiger partial charge in [-0.3, -0.25) is 4.79 Å². The summed E-state index contributed by atoms with van der Waals surface area (Å²) in [5, 5.41) is 9.05.